The molecule has 0 amide bonds. The van der Waals surface area contributed by atoms with Gasteiger partial charge in [-0.1, -0.05) is 46.8 Å². The monoisotopic (exact) mass is 622 g/mol. The molecular formula is C38H54O7. The fourth-order valence-corrected chi connectivity index (χ4v) is 12.6. The number of carbonyl (C=O) groups is 2. The van der Waals surface area contributed by atoms with Gasteiger partial charge in [-0.25, -0.2) is 4.79 Å². The van der Waals surface area contributed by atoms with E-state index in [4.69, 9.17) is 9.47 Å². The van der Waals surface area contributed by atoms with Gasteiger partial charge in [0, 0.05) is 5.41 Å². The second-order valence-corrected chi connectivity index (χ2v) is 16.9. The average Bonchev–Trinajstić information content (AvgIpc) is 3.39. The summed E-state index contributed by atoms with van der Waals surface area (Å²) in [7, 11) is 1.46. The number of phenols is 1. The Morgan fingerprint density at radius 2 is 1.67 bits per heavy atom. The van der Waals surface area contributed by atoms with Gasteiger partial charge in [0.2, 0.25) is 0 Å². The van der Waals surface area contributed by atoms with E-state index in [1.165, 1.54) is 19.2 Å². The number of aliphatic carboxylic acids is 1. The molecule has 0 aromatic heterocycles. The third kappa shape index (κ3) is 4.24. The highest BCUT2D eigenvalue weighted by Gasteiger charge is 2.75. The number of aliphatic hydroxyl groups is 1. The van der Waals surface area contributed by atoms with E-state index in [0.29, 0.717) is 24.8 Å². The highest BCUT2D eigenvalue weighted by Crippen LogP contribution is 2.78. The Hall–Kier alpha value is -2.54. The number of carboxylic acids is 1. The van der Waals surface area contributed by atoms with Crippen molar-refractivity contribution in [2.75, 3.05) is 7.11 Å². The summed E-state index contributed by atoms with van der Waals surface area (Å²) in [5, 5.41) is 32.2. The first-order valence-electron chi connectivity index (χ1n) is 17.1. The van der Waals surface area contributed by atoms with E-state index in [9.17, 15) is 24.9 Å². The lowest BCUT2D eigenvalue weighted by molar-refractivity contribution is -0.282. The van der Waals surface area contributed by atoms with Crippen molar-refractivity contribution in [3.63, 3.8) is 0 Å². The fraction of sp³-hybridized carbons (Fsp3) is 0.737. The molecule has 0 heterocycles. The van der Waals surface area contributed by atoms with Crippen LogP contribution < -0.4 is 4.74 Å². The summed E-state index contributed by atoms with van der Waals surface area (Å²) in [5.74, 6) is -0.180. The Morgan fingerprint density at radius 3 is 2.31 bits per heavy atom. The van der Waals surface area contributed by atoms with Gasteiger partial charge < -0.3 is 24.8 Å². The molecule has 1 aromatic rings. The molecule has 0 radical (unpaired) electrons. The van der Waals surface area contributed by atoms with E-state index in [2.05, 4.69) is 48.1 Å². The maximum atomic E-state index is 14.0. The third-order valence-electron chi connectivity index (χ3n) is 15.2. The van der Waals surface area contributed by atoms with Crippen molar-refractivity contribution in [1.29, 1.82) is 0 Å². The minimum absolute atomic E-state index is 0.0110. The molecule has 0 saturated heterocycles. The van der Waals surface area contributed by atoms with E-state index < -0.39 is 35.0 Å². The minimum atomic E-state index is -0.732. The van der Waals surface area contributed by atoms with Gasteiger partial charge in [0.25, 0.3) is 0 Å². The van der Waals surface area contributed by atoms with Crippen molar-refractivity contribution < 1.29 is 34.4 Å². The van der Waals surface area contributed by atoms with Gasteiger partial charge in [-0.05, 0) is 129 Å². The molecule has 7 nitrogen and oxygen atoms in total. The molecular weight excluding hydrogens is 568 g/mol. The average molecular weight is 623 g/mol. The van der Waals surface area contributed by atoms with Crippen LogP contribution in [0.5, 0.6) is 11.5 Å². The van der Waals surface area contributed by atoms with E-state index >= 15 is 0 Å². The molecule has 5 aliphatic carbocycles. The zero-order chi connectivity index (χ0) is 32.9. The lowest BCUT2D eigenvalue weighted by Gasteiger charge is -2.73. The largest absolute Gasteiger partial charge is 0.504 e. The quantitative estimate of drug-likeness (QED) is 0.228. The van der Waals surface area contributed by atoms with Crippen LogP contribution in [0.3, 0.4) is 0 Å². The topological polar surface area (TPSA) is 113 Å². The van der Waals surface area contributed by atoms with Gasteiger partial charge in [0.05, 0.1) is 24.2 Å². The predicted octanol–water partition coefficient (Wildman–Crippen LogP) is 7.64. The van der Waals surface area contributed by atoms with Crippen molar-refractivity contribution in [1.82, 2.24) is 0 Å². The number of aliphatic hydroxyl groups excluding tert-OH is 1. The van der Waals surface area contributed by atoms with Gasteiger partial charge in [-0.3, -0.25) is 4.79 Å². The molecule has 5 fully saturated rings. The number of carboxylic acid groups (broad SMARTS) is 1. The Labute approximate surface area is 268 Å². The normalized spacial score (nSPS) is 44.8. The van der Waals surface area contributed by atoms with Gasteiger partial charge in [-0.2, -0.15) is 0 Å². The molecule has 3 N–H and O–H groups in total. The number of rotatable bonds is 5. The lowest BCUT2D eigenvalue weighted by Crippen LogP contribution is -2.71. The van der Waals surface area contributed by atoms with Crippen molar-refractivity contribution in [2.24, 2.45) is 56.7 Å². The number of ether oxygens (including phenoxy) is 2. The Bertz CT molecular complexity index is 1400. The van der Waals surface area contributed by atoms with Gasteiger partial charge in [0.15, 0.2) is 11.5 Å². The molecule has 6 rings (SSSR count). The summed E-state index contributed by atoms with van der Waals surface area (Å²) in [6.07, 6.45) is 6.37. The Morgan fingerprint density at radius 1 is 0.956 bits per heavy atom. The molecule has 1 aromatic carbocycles. The Balaban J connectivity index is 1.48. The highest BCUT2D eigenvalue weighted by atomic mass is 16.5. The molecule has 5 aliphatic rings. The number of carbonyl (C=O) groups excluding carboxylic acids is 1. The summed E-state index contributed by atoms with van der Waals surface area (Å²) in [6.45, 7) is 18.0. The number of methoxy groups -OCH3 is 1. The van der Waals surface area contributed by atoms with E-state index in [0.717, 1.165) is 44.1 Å². The van der Waals surface area contributed by atoms with E-state index in [-0.39, 0.29) is 57.3 Å². The maximum Gasteiger partial charge on any atom is 0.338 e. The summed E-state index contributed by atoms with van der Waals surface area (Å²) in [6, 6.07) is 4.56. The second kappa shape index (κ2) is 10.5. The minimum Gasteiger partial charge on any atom is -0.504 e. The molecule has 0 spiro atoms. The predicted molar refractivity (Wildman–Crippen MR) is 172 cm³/mol. The zero-order valence-corrected chi connectivity index (χ0v) is 28.3. The summed E-state index contributed by atoms with van der Waals surface area (Å²) in [4.78, 5) is 27.1. The molecule has 1 unspecified atom stereocenters. The first kappa shape index (κ1) is 32.4. The SMILES string of the molecule is C=C(C)[C@@H]1CC[C@]2(C(=O)O)CC[C@]3(C)[C@H](CC[C@@H]4[C@@]5(C)CC[C@H](O)C(C)(C)[C@@H]5CC(OC(=O)c5ccc(O)c(OC)c5)[C@]43C)[C@@H]12. The third-order valence-corrected chi connectivity index (χ3v) is 15.2. The van der Waals surface area contributed by atoms with Crippen molar-refractivity contribution in [3.05, 3.63) is 35.9 Å². The number of phenolic OH excluding ortho intramolecular Hbond substituents is 1. The fourth-order valence-electron chi connectivity index (χ4n) is 12.6. The molecule has 45 heavy (non-hydrogen) atoms. The number of aromatic hydroxyl groups is 1. The first-order valence-corrected chi connectivity index (χ1v) is 17.1. The van der Waals surface area contributed by atoms with Crippen LogP contribution >= 0.6 is 0 Å². The molecule has 11 atom stereocenters. The number of benzene rings is 1. The number of fused-ring (bicyclic) bond motifs is 7. The van der Waals surface area contributed by atoms with Crippen LogP contribution in [0.4, 0.5) is 0 Å². The van der Waals surface area contributed by atoms with Crippen LogP contribution in [-0.2, 0) is 9.53 Å². The van der Waals surface area contributed by atoms with Crippen LogP contribution in [0, 0.1) is 56.7 Å². The summed E-state index contributed by atoms with van der Waals surface area (Å²) >= 11 is 0. The van der Waals surface area contributed by atoms with E-state index in [1.807, 2.05) is 0 Å². The molecule has 7 heteroatoms. The molecule has 0 bridgehead atoms. The number of esters is 1. The summed E-state index contributed by atoms with van der Waals surface area (Å²) in [5.41, 5.74) is -0.398. The van der Waals surface area contributed by atoms with Crippen molar-refractivity contribution >= 4 is 11.9 Å². The van der Waals surface area contributed by atoms with Crippen LogP contribution in [0.1, 0.15) is 110 Å². The van der Waals surface area contributed by atoms with Gasteiger partial charge in [0.1, 0.15) is 6.10 Å². The standard InChI is InChI=1S/C38H54O7/c1-21(2)23-13-16-38(33(42)43)18-17-36(6)24(31(23)38)10-12-27-35(5)15-14-29(40)34(3,4)28(35)20-30(37(27,36)7)45-32(41)22-9-11-25(39)26(19-22)44-8/h9,11,19,23-24,27-31,39-40H,1,10,12-18,20H2,2-8H3,(H,42,43)/t23-,24+,27+,28-,29-,30?,31+,35+,36+,37-,38-/m0/s1. The van der Waals surface area contributed by atoms with Crippen LogP contribution in [-0.4, -0.2) is 46.6 Å². The van der Waals surface area contributed by atoms with Gasteiger partial charge in [-0.15, -0.1) is 0 Å². The number of hydrogen-bond acceptors (Lipinski definition) is 6. The van der Waals surface area contributed by atoms with Crippen LogP contribution in [0.2, 0.25) is 0 Å². The molecule has 0 aliphatic heterocycles. The van der Waals surface area contributed by atoms with E-state index in [1.54, 1.807) is 6.07 Å². The van der Waals surface area contributed by atoms with Crippen LogP contribution in [0.25, 0.3) is 0 Å². The maximum absolute atomic E-state index is 14.0. The number of hydrogen-bond donors (Lipinski definition) is 3. The Kier molecular flexibility index (Phi) is 7.55. The second-order valence-electron chi connectivity index (χ2n) is 16.9. The molecule has 248 valence electrons. The summed E-state index contributed by atoms with van der Waals surface area (Å²) < 4.78 is 12.0. The molecule has 5 saturated carbocycles. The van der Waals surface area contributed by atoms with Crippen molar-refractivity contribution in [2.45, 2.75) is 112 Å². The first-order chi connectivity index (χ1) is 21.0. The van der Waals surface area contributed by atoms with Crippen LogP contribution in [0.15, 0.2) is 30.4 Å². The van der Waals surface area contributed by atoms with Gasteiger partial charge >= 0.3 is 11.9 Å². The van der Waals surface area contributed by atoms with Crippen molar-refractivity contribution in [3.8, 4) is 11.5 Å². The lowest BCUT2D eigenvalue weighted by atomic mass is 9.31. The highest BCUT2D eigenvalue weighted by molar-refractivity contribution is 5.90. The zero-order valence-electron chi connectivity index (χ0n) is 28.3. The number of allylic oxidation sites excluding steroid dienone is 1. The smallest absolute Gasteiger partial charge is 0.338 e.